The highest BCUT2D eigenvalue weighted by molar-refractivity contribution is 6.24. The molecule has 0 saturated carbocycles. The molecule has 135 heavy (non-hydrogen) atoms. The van der Waals surface area contributed by atoms with E-state index in [1.54, 1.807) is 0 Å². The lowest BCUT2D eigenvalue weighted by Gasteiger charge is -2.16. The quantitative estimate of drug-likeness (QED) is 0.142. The van der Waals surface area contributed by atoms with E-state index in [4.69, 9.17) is 15.0 Å². The SMILES string of the molecule is CC.CC.CC.CC.CC.CC.CC.CC.CC.CC.CC.CC.CC.CC.CC.c1ccc2c(c1)Cc1c-2ccc2c3ccc4c(c3c3nc5ccccc5n3c12)-c1ccccc1C4.c1ccc2c(c1)Cc1cc3c(cc1-2)c1nc2ccccc2n1c1c2c(ccc31)-c1ccccc1C2.c1ccc2c(c1)Cc1ccc3c4ccc5c(c4n4c6ccccc6nc4c3c1-2)-c1ccccc1C5. The molecular weight excluding hydrogens is 1630 g/mol. The average molecular weight is 1780 g/mol. The van der Waals surface area contributed by atoms with Crippen molar-refractivity contribution >= 4 is 115 Å². The van der Waals surface area contributed by atoms with Crippen LogP contribution in [0.5, 0.6) is 0 Å². The van der Waals surface area contributed by atoms with Crippen LogP contribution in [0.4, 0.5) is 0 Å². The van der Waals surface area contributed by atoms with Crippen molar-refractivity contribution in [1.82, 2.24) is 28.2 Å². The number of pyridine rings is 3. The van der Waals surface area contributed by atoms with Crippen molar-refractivity contribution in [2.45, 2.75) is 246 Å². The van der Waals surface area contributed by atoms with Crippen molar-refractivity contribution in [2.75, 3.05) is 0 Å². The zero-order valence-electron chi connectivity index (χ0n) is 87.1. The third-order valence-corrected chi connectivity index (χ3v) is 24.6. The molecule has 0 atom stereocenters. The van der Waals surface area contributed by atoms with E-state index in [0.29, 0.717) is 0 Å². The molecule has 0 fully saturated rings. The average Bonchev–Trinajstić information content (AvgIpc) is 1.54. The van der Waals surface area contributed by atoms with Crippen molar-refractivity contribution in [1.29, 1.82) is 0 Å². The fraction of sp³-hybridized carbons (Fsp3) is 0.279. The first kappa shape index (κ1) is 104. The molecular formula is C129H150N6. The Morgan fingerprint density at radius 1 is 0.170 bits per heavy atom. The Hall–Kier alpha value is -13.3. The van der Waals surface area contributed by atoms with E-state index in [2.05, 4.69) is 304 Å². The summed E-state index contributed by atoms with van der Waals surface area (Å²) in [5.41, 5.74) is 47.1. The lowest BCUT2D eigenvalue weighted by Crippen LogP contribution is -1.97. The van der Waals surface area contributed by atoms with Crippen molar-refractivity contribution in [2.24, 2.45) is 0 Å². The number of imidazole rings is 3. The van der Waals surface area contributed by atoms with Gasteiger partial charge in [0.1, 0.15) is 16.9 Å². The molecule has 6 heteroatoms. The summed E-state index contributed by atoms with van der Waals surface area (Å²) in [6, 6.07) is 107. The van der Waals surface area contributed by atoms with Gasteiger partial charge in [0.15, 0.2) is 0 Å². The summed E-state index contributed by atoms with van der Waals surface area (Å²) in [5, 5.41) is 11.7. The van der Waals surface area contributed by atoms with Crippen LogP contribution in [0.2, 0.25) is 0 Å². The minimum atomic E-state index is 0.962. The van der Waals surface area contributed by atoms with E-state index in [1.165, 1.54) is 215 Å². The molecule has 6 aromatic heterocycles. The number of aromatic nitrogens is 6. The molecule has 0 spiro atoms. The summed E-state index contributed by atoms with van der Waals surface area (Å²) in [6.07, 6.45) is 5.90. The van der Waals surface area contributed by atoms with E-state index < -0.39 is 0 Å². The van der Waals surface area contributed by atoms with Crippen molar-refractivity contribution in [3.05, 3.63) is 358 Å². The van der Waals surface area contributed by atoms with E-state index in [1.807, 2.05) is 208 Å². The number of hydrogen-bond donors (Lipinski definition) is 0. The third kappa shape index (κ3) is 18.1. The topological polar surface area (TPSA) is 51.9 Å². The Kier molecular flexibility index (Phi) is 37.7. The van der Waals surface area contributed by atoms with Gasteiger partial charge in [0, 0.05) is 50.7 Å². The van der Waals surface area contributed by atoms with Crippen LogP contribution in [0.1, 0.15) is 274 Å². The molecule has 27 rings (SSSR count). The van der Waals surface area contributed by atoms with Gasteiger partial charge in [0.05, 0.1) is 49.7 Å². The number of benzene rings is 15. The van der Waals surface area contributed by atoms with Gasteiger partial charge in [0.25, 0.3) is 0 Å². The molecule has 0 saturated heterocycles. The van der Waals surface area contributed by atoms with Crippen LogP contribution in [0.3, 0.4) is 0 Å². The highest BCUT2D eigenvalue weighted by Gasteiger charge is 2.33. The summed E-state index contributed by atoms with van der Waals surface area (Å²) in [7, 11) is 0. The van der Waals surface area contributed by atoms with E-state index >= 15 is 0 Å². The maximum absolute atomic E-state index is 5.29. The molecule has 0 bridgehead atoms. The van der Waals surface area contributed by atoms with Gasteiger partial charge in [-0.05, 0) is 218 Å². The zero-order chi connectivity index (χ0) is 98.0. The number of nitrogens with zero attached hydrogens (tertiary/aromatic N) is 6. The number of hydrogen-bond acceptors (Lipinski definition) is 3. The van der Waals surface area contributed by atoms with Gasteiger partial charge in [-0.15, -0.1) is 0 Å². The molecule has 6 aliphatic carbocycles. The molecule has 21 aromatic rings. The maximum atomic E-state index is 5.29. The monoisotopic (exact) mass is 1780 g/mol. The molecule has 0 aliphatic heterocycles. The Balaban J connectivity index is 0.000000184. The summed E-state index contributed by atoms with van der Waals surface area (Å²) in [4.78, 5) is 15.8. The van der Waals surface area contributed by atoms with Gasteiger partial charge < -0.3 is 0 Å². The Labute approximate surface area is 808 Å². The maximum Gasteiger partial charge on any atom is 0.147 e. The first-order valence-electron chi connectivity index (χ1n) is 52.0. The first-order valence-corrected chi connectivity index (χ1v) is 52.0. The van der Waals surface area contributed by atoms with E-state index in [9.17, 15) is 0 Å². The predicted octanol–water partition coefficient (Wildman–Crippen LogP) is 39.2. The van der Waals surface area contributed by atoms with E-state index in [0.717, 1.165) is 72.0 Å². The van der Waals surface area contributed by atoms with Crippen LogP contribution in [0.25, 0.3) is 182 Å². The van der Waals surface area contributed by atoms with Crippen LogP contribution >= 0.6 is 0 Å². The van der Waals surface area contributed by atoms with Crippen molar-refractivity contribution in [3.8, 4) is 66.8 Å². The molecule has 6 aliphatic rings. The standard InChI is InChI=1S/3C33H20N2.15C2H6/c1-4-10-23-19(7-1)15-21-17-27-25-14-13-24-22-9-3-2-8-20(22)16-28(24)32(25)35-31-12-6-5-11-30(31)34-33(35)29(27)18-26(21)23;1-3-9-22-20(8-1)18-27-24(22)15-16-26-25-14-13-21-17-19-7-2-4-10-23(19)30(21)31(25)33-34-28-11-5-6-12-29(28)35(33)32(26)27;1-3-9-23-19(7-1)17-21-13-15-25-26-16-14-22-18-20-8-2-4-10-24(20)30(22)32(26)35-28-12-6-5-11-27(28)34-33(35)31(25)29(21)23;15*1-2/h1-14,17-18H,15-16H2;2*1-16H,17-18H2;15*1-2H3. The van der Waals surface area contributed by atoms with Gasteiger partial charge in [-0.25, -0.2) is 15.0 Å². The highest BCUT2D eigenvalue weighted by Crippen LogP contribution is 2.53. The van der Waals surface area contributed by atoms with Crippen LogP contribution in [-0.2, 0) is 38.5 Å². The number of rotatable bonds is 0. The van der Waals surface area contributed by atoms with Gasteiger partial charge in [-0.1, -0.05) is 450 Å². The largest absolute Gasteiger partial charge is 0.291 e. The first-order chi connectivity index (χ1) is 67.1. The summed E-state index contributed by atoms with van der Waals surface area (Å²) >= 11 is 0. The van der Waals surface area contributed by atoms with Crippen LogP contribution in [0.15, 0.2) is 291 Å². The number of para-hydroxylation sites is 6. The van der Waals surface area contributed by atoms with Gasteiger partial charge in [-0.3, -0.25) is 13.2 Å². The minimum Gasteiger partial charge on any atom is -0.291 e. The van der Waals surface area contributed by atoms with E-state index in [-0.39, 0.29) is 0 Å². The molecule has 0 N–H and O–H groups in total. The van der Waals surface area contributed by atoms with Gasteiger partial charge in [-0.2, -0.15) is 0 Å². The molecule has 6 heterocycles. The molecule has 0 amide bonds. The Morgan fingerprint density at radius 3 is 0.815 bits per heavy atom. The Bertz CT molecular complexity index is 7610. The fourth-order valence-corrected chi connectivity index (χ4v) is 20.2. The third-order valence-electron chi connectivity index (χ3n) is 24.6. The Morgan fingerprint density at radius 2 is 0.430 bits per heavy atom. The second kappa shape index (κ2) is 49.1. The second-order valence-corrected chi connectivity index (χ2v) is 29.9. The smallest absolute Gasteiger partial charge is 0.147 e. The predicted molar refractivity (Wildman–Crippen MR) is 603 cm³/mol. The van der Waals surface area contributed by atoms with Crippen molar-refractivity contribution < 1.29 is 0 Å². The van der Waals surface area contributed by atoms with Crippen LogP contribution < -0.4 is 0 Å². The normalized spacial score (nSPS) is 11.2. The molecule has 15 aromatic carbocycles. The van der Waals surface area contributed by atoms with Crippen molar-refractivity contribution in [3.63, 3.8) is 0 Å². The number of fused-ring (bicyclic) bond motifs is 47. The fourth-order valence-electron chi connectivity index (χ4n) is 20.2. The second-order valence-electron chi connectivity index (χ2n) is 29.9. The molecule has 6 nitrogen and oxygen atoms in total. The molecule has 0 radical (unpaired) electrons. The summed E-state index contributed by atoms with van der Waals surface area (Å²) < 4.78 is 7.35. The summed E-state index contributed by atoms with van der Waals surface area (Å²) in [6.45, 7) is 60.0. The van der Waals surface area contributed by atoms with Gasteiger partial charge in [0.2, 0.25) is 0 Å². The molecule has 0 unspecified atom stereocenters. The molecule has 696 valence electrons. The highest BCUT2D eigenvalue weighted by atomic mass is 15.0. The zero-order valence-corrected chi connectivity index (χ0v) is 87.1. The van der Waals surface area contributed by atoms with Crippen LogP contribution in [0, 0.1) is 0 Å². The lowest BCUT2D eigenvalue weighted by atomic mass is 9.93. The van der Waals surface area contributed by atoms with Crippen LogP contribution in [-0.4, -0.2) is 28.2 Å². The summed E-state index contributed by atoms with van der Waals surface area (Å²) in [5.74, 6) is 0. The minimum absolute atomic E-state index is 0.962. The lowest BCUT2D eigenvalue weighted by molar-refractivity contribution is 1.23. The van der Waals surface area contributed by atoms with Gasteiger partial charge >= 0.3 is 0 Å².